The molecule has 2 rings (SSSR count). The summed E-state index contributed by atoms with van der Waals surface area (Å²) in [4.78, 5) is 0. The maximum absolute atomic E-state index is 5.45. The van der Waals surface area contributed by atoms with Crippen LogP contribution in [0.4, 0.5) is 0 Å². The highest BCUT2D eigenvalue weighted by Crippen LogP contribution is 2.40. The maximum atomic E-state index is 5.45. The second-order valence-corrected chi connectivity index (χ2v) is 3.68. The fourth-order valence-corrected chi connectivity index (χ4v) is 2.16. The Kier molecular flexibility index (Phi) is 1.69. The lowest BCUT2D eigenvalue weighted by atomic mass is 9.86. The normalized spacial score (nSPS) is 44.7. The van der Waals surface area contributed by atoms with Crippen LogP contribution in [0.5, 0.6) is 0 Å². The molecule has 1 aliphatic heterocycles. The van der Waals surface area contributed by atoms with Crippen LogP contribution in [0.15, 0.2) is 0 Å². The van der Waals surface area contributed by atoms with E-state index in [9.17, 15) is 0 Å². The minimum absolute atomic E-state index is 0.685. The Balaban J connectivity index is 1.77. The second-order valence-electron chi connectivity index (χ2n) is 3.68. The summed E-state index contributed by atoms with van der Waals surface area (Å²) in [6.45, 7) is 2.28. The minimum atomic E-state index is 0.685. The summed E-state index contributed by atoms with van der Waals surface area (Å²) in [6.07, 6.45) is 8.27. The van der Waals surface area contributed by atoms with Crippen LogP contribution in [0.2, 0.25) is 0 Å². The summed E-state index contributed by atoms with van der Waals surface area (Å²) < 4.78 is 5.45. The second kappa shape index (κ2) is 2.54. The fraction of sp³-hybridized carbons (Fsp3) is 1.00. The molecule has 1 heterocycles. The number of fused-ring (bicyclic) bond motifs is 1. The zero-order valence-electron chi connectivity index (χ0n) is 6.68. The lowest BCUT2D eigenvalue weighted by Gasteiger charge is -2.17. The lowest BCUT2D eigenvalue weighted by Crippen LogP contribution is -2.12. The number of hydrogen-bond donors (Lipinski definition) is 0. The van der Waals surface area contributed by atoms with E-state index in [4.69, 9.17) is 4.74 Å². The summed E-state index contributed by atoms with van der Waals surface area (Å²) >= 11 is 0. The van der Waals surface area contributed by atoms with Gasteiger partial charge < -0.3 is 4.74 Å². The molecule has 1 aliphatic carbocycles. The van der Waals surface area contributed by atoms with Crippen molar-refractivity contribution in [2.24, 2.45) is 5.92 Å². The number of ether oxygens (including phenoxy) is 1. The molecule has 1 saturated carbocycles. The molecule has 58 valence electrons. The summed E-state index contributed by atoms with van der Waals surface area (Å²) in [6, 6.07) is 0. The Hall–Kier alpha value is -0.0400. The van der Waals surface area contributed by atoms with Crippen molar-refractivity contribution in [1.82, 2.24) is 0 Å². The van der Waals surface area contributed by atoms with Gasteiger partial charge in [-0.25, -0.2) is 0 Å². The van der Waals surface area contributed by atoms with Gasteiger partial charge in [-0.05, 0) is 25.2 Å². The Bertz CT molecular complexity index is 122. The van der Waals surface area contributed by atoms with Gasteiger partial charge in [-0.2, -0.15) is 0 Å². The molecule has 3 unspecified atom stereocenters. The fourth-order valence-electron chi connectivity index (χ4n) is 2.16. The van der Waals surface area contributed by atoms with Gasteiger partial charge in [-0.1, -0.05) is 19.8 Å². The molecule has 0 amide bonds. The third kappa shape index (κ3) is 1.20. The van der Waals surface area contributed by atoms with Crippen LogP contribution < -0.4 is 0 Å². The van der Waals surface area contributed by atoms with Crippen LogP contribution in [0, 0.1) is 5.92 Å². The van der Waals surface area contributed by atoms with E-state index in [-0.39, 0.29) is 0 Å². The number of rotatable bonds is 2. The predicted molar refractivity (Wildman–Crippen MR) is 40.9 cm³/mol. The molecule has 3 atom stereocenters. The zero-order valence-corrected chi connectivity index (χ0v) is 6.68. The molecule has 1 heteroatoms. The standard InChI is InChI=1S/C9H16O/c1-2-3-7-4-5-8-9(6-7)10-8/h7-9H,2-6H2,1H3. The van der Waals surface area contributed by atoms with E-state index in [2.05, 4.69) is 6.92 Å². The highest BCUT2D eigenvalue weighted by Gasteiger charge is 2.43. The van der Waals surface area contributed by atoms with Crippen molar-refractivity contribution in [2.75, 3.05) is 0 Å². The van der Waals surface area contributed by atoms with E-state index in [1.165, 1.54) is 32.1 Å². The summed E-state index contributed by atoms with van der Waals surface area (Å²) in [5.74, 6) is 0.994. The Labute approximate surface area is 62.8 Å². The largest absolute Gasteiger partial charge is 0.370 e. The van der Waals surface area contributed by atoms with Crippen molar-refractivity contribution in [2.45, 2.75) is 51.2 Å². The molecule has 0 aromatic heterocycles. The third-order valence-corrected chi connectivity index (χ3v) is 2.81. The number of epoxide rings is 1. The summed E-state index contributed by atoms with van der Waals surface area (Å²) in [5.41, 5.74) is 0. The van der Waals surface area contributed by atoms with E-state index in [1.807, 2.05) is 0 Å². The van der Waals surface area contributed by atoms with Crippen molar-refractivity contribution in [3.8, 4) is 0 Å². The molecule has 1 nitrogen and oxygen atoms in total. The van der Waals surface area contributed by atoms with Crippen LogP contribution in [-0.4, -0.2) is 12.2 Å². The molecule has 0 N–H and O–H groups in total. The molecule has 2 aliphatic rings. The molecule has 1 saturated heterocycles. The lowest BCUT2D eigenvalue weighted by molar-refractivity contribution is 0.350. The van der Waals surface area contributed by atoms with Gasteiger partial charge in [0.05, 0.1) is 12.2 Å². The minimum Gasteiger partial charge on any atom is -0.370 e. The van der Waals surface area contributed by atoms with Gasteiger partial charge in [0, 0.05) is 0 Å². The molecule has 0 aromatic rings. The Morgan fingerprint density at radius 2 is 2.20 bits per heavy atom. The van der Waals surface area contributed by atoms with Gasteiger partial charge in [0.15, 0.2) is 0 Å². The first-order valence-electron chi connectivity index (χ1n) is 4.55. The van der Waals surface area contributed by atoms with E-state index >= 15 is 0 Å². The average Bonchev–Trinajstić information content (AvgIpc) is 2.66. The van der Waals surface area contributed by atoms with E-state index < -0.39 is 0 Å². The van der Waals surface area contributed by atoms with Crippen molar-refractivity contribution >= 4 is 0 Å². The van der Waals surface area contributed by atoms with Crippen molar-refractivity contribution < 1.29 is 4.74 Å². The van der Waals surface area contributed by atoms with Gasteiger partial charge in [0.1, 0.15) is 0 Å². The predicted octanol–water partition coefficient (Wildman–Crippen LogP) is 2.35. The van der Waals surface area contributed by atoms with Crippen LogP contribution in [0.3, 0.4) is 0 Å². The smallest absolute Gasteiger partial charge is 0.0844 e. The molecule has 2 fully saturated rings. The van der Waals surface area contributed by atoms with Crippen molar-refractivity contribution in [1.29, 1.82) is 0 Å². The van der Waals surface area contributed by atoms with Crippen LogP contribution in [-0.2, 0) is 4.74 Å². The third-order valence-electron chi connectivity index (χ3n) is 2.81. The summed E-state index contributed by atoms with van der Waals surface area (Å²) in [5, 5.41) is 0. The highest BCUT2D eigenvalue weighted by atomic mass is 16.6. The molecule has 0 bridgehead atoms. The van der Waals surface area contributed by atoms with Crippen LogP contribution in [0.1, 0.15) is 39.0 Å². The zero-order chi connectivity index (χ0) is 6.97. The SMILES string of the molecule is CCCC1CCC2OC2C1. The quantitative estimate of drug-likeness (QED) is 0.536. The molecule has 10 heavy (non-hydrogen) atoms. The van der Waals surface area contributed by atoms with Gasteiger partial charge in [-0.3, -0.25) is 0 Å². The van der Waals surface area contributed by atoms with Crippen molar-refractivity contribution in [3.63, 3.8) is 0 Å². The first-order chi connectivity index (χ1) is 4.90. The molecular formula is C9H16O. The highest BCUT2D eigenvalue weighted by molar-refractivity contribution is 4.91. The molecule has 0 aromatic carbocycles. The van der Waals surface area contributed by atoms with E-state index in [1.54, 1.807) is 0 Å². The van der Waals surface area contributed by atoms with Gasteiger partial charge in [0.2, 0.25) is 0 Å². The Morgan fingerprint density at radius 1 is 1.30 bits per heavy atom. The topological polar surface area (TPSA) is 12.5 Å². The summed E-state index contributed by atoms with van der Waals surface area (Å²) in [7, 11) is 0. The average molecular weight is 140 g/mol. The van der Waals surface area contributed by atoms with Crippen LogP contribution >= 0.6 is 0 Å². The number of hydrogen-bond acceptors (Lipinski definition) is 1. The maximum Gasteiger partial charge on any atom is 0.0844 e. The molecule has 0 spiro atoms. The van der Waals surface area contributed by atoms with Crippen LogP contribution in [0.25, 0.3) is 0 Å². The van der Waals surface area contributed by atoms with Crippen molar-refractivity contribution in [3.05, 3.63) is 0 Å². The van der Waals surface area contributed by atoms with E-state index in [0.29, 0.717) is 12.2 Å². The van der Waals surface area contributed by atoms with Gasteiger partial charge >= 0.3 is 0 Å². The van der Waals surface area contributed by atoms with Gasteiger partial charge in [-0.15, -0.1) is 0 Å². The first-order valence-corrected chi connectivity index (χ1v) is 4.55. The monoisotopic (exact) mass is 140 g/mol. The Morgan fingerprint density at radius 3 is 2.90 bits per heavy atom. The molecular weight excluding hydrogens is 124 g/mol. The van der Waals surface area contributed by atoms with Gasteiger partial charge in [0.25, 0.3) is 0 Å². The van der Waals surface area contributed by atoms with E-state index in [0.717, 1.165) is 5.92 Å². The first kappa shape index (κ1) is 6.66. The molecule has 0 radical (unpaired) electrons.